The van der Waals surface area contributed by atoms with Crippen molar-refractivity contribution < 1.29 is 9.90 Å². The molecule has 0 aliphatic heterocycles. The molecular weight excluding hydrogens is 442 g/mol. The molecule has 2 heterocycles. The Kier molecular flexibility index (Phi) is 5.84. The van der Waals surface area contributed by atoms with E-state index in [0.29, 0.717) is 12.1 Å². The van der Waals surface area contributed by atoms with Gasteiger partial charge in [0.15, 0.2) is 5.65 Å². The summed E-state index contributed by atoms with van der Waals surface area (Å²) in [6, 6.07) is 8.16. The van der Waals surface area contributed by atoms with Gasteiger partial charge in [-0.05, 0) is 43.1 Å². The molecule has 0 aliphatic rings. The molecular formula is C24H30BrN3O2. The molecule has 0 saturated heterocycles. The molecule has 0 spiro atoms. The van der Waals surface area contributed by atoms with E-state index in [1.807, 2.05) is 49.6 Å². The quantitative estimate of drug-likeness (QED) is 0.479. The van der Waals surface area contributed by atoms with Gasteiger partial charge in [-0.25, -0.2) is 9.50 Å². The number of carbonyl (C=O) groups is 1. The van der Waals surface area contributed by atoms with Crippen LogP contribution in [0.5, 0.6) is 0 Å². The summed E-state index contributed by atoms with van der Waals surface area (Å²) >= 11 is 3.71. The van der Waals surface area contributed by atoms with Gasteiger partial charge in [0.05, 0.1) is 21.3 Å². The van der Waals surface area contributed by atoms with Crippen LogP contribution in [0.1, 0.15) is 70.0 Å². The Morgan fingerprint density at radius 3 is 2.23 bits per heavy atom. The standard InChI is InChI=1S/C24H30BrN3O2/c1-8-13-24(7,22(29)30)17-15(3)26-21-18(25)20(23(4,5)6)27-28(21)19(17)16-11-9-14(2)10-12-16/h9-12H,8,13H2,1-7H3,(H,29,30). The smallest absolute Gasteiger partial charge is 0.313 e. The molecule has 0 amide bonds. The lowest BCUT2D eigenvalue weighted by Crippen LogP contribution is -2.35. The largest absolute Gasteiger partial charge is 0.481 e. The first-order valence-corrected chi connectivity index (χ1v) is 11.1. The third kappa shape index (κ3) is 3.66. The number of aliphatic carboxylic acids is 1. The molecule has 1 unspecified atom stereocenters. The Morgan fingerprint density at radius 2 is 1.73 bits per heavy atom. The van der Waals surface area contributed by atoms with Gasteiger partial charge < -0.3 is 5.11 Å². The average molecular weight is 472 g/mol. The van der Waals surface area contributed by atoms with Crippen LogP contribution in [0, 0.1) is 13.8 Å². The number of aromatic nitrogens is 3. The molecule has 30 heavy (non-hydrogen) atoms. The SMILES string of the molecule is CCCC(C)(C(=O)O)c1c(C)nc2c(Br)c(C(C)(C)C)nn2c1-c1ccc(C)cc1. The van der Waals surface area contributed by atoms with Crippen LogP contribution in [-0.2, 0) is 15.6 Å². The van der Waals surface area contributed by atoms with Crippen molar-refractivity contribution in [3.63, 3.8) is 0 Å². The molecule has 0 saturated carbocycles. The van der Waals surface area contributed by atoms with Gasteiger partial charge in [-0.1, -0.05) is 63.9 Å². The summed E-state index contributed by atoms with van der Waals surface area (Å²) in [5.74, 6) is -0.843. The van der Waals surface area contributed by atoms with Crippen LogP contribution < -0.4 is 0 Å². The van der Waals surface area contributed by atoms with Crippen molar-refractivity contribution in [3.8, 4) is 11.3 Å². The summed E-state index contributed by atoms with van der Waals surface area (Å²) in [5, 5.41) is 15.2. The van der Waals surface area contributed by atoms with Gasteiger partial charge in [0.1, 0.15) is 0 Å². The molecule has 0 bridgehead atoms. The van der Waals surface area contributed by atoms with Gasteiger partial charge in [-0.15, -0.1) is 0 Å². The van der Waals surface area contributed by atoms with Crippen LogP contribution in [0.2, 0.25) is 0 Å². The fourth-order valence-electron chi connectivity index (χ4n) is 4.09. The first-order chi connectivity index (χ1) is 13.9. The zero-order chi connectivity index (χ0) is 22.4. The highest BCUT2D eigenvalue weighted by molar-refractivity contribution is 9.10. The minimum atomic E-state index is -1.07. The van der Waals surface area contributed by atoms with Gasteiger partial charge >= 0.3 is 5.97 Å². The predicted molar refractivity (Wildman–Crippen MR) is 124 cm³/mol. The van der Waals surface area contributed by atoms with E-state index >= 15 is 0 Å². The van der Waals surface area contributed by atoms with Crippen molar-refractivity contribution in [3.05, 3.63) is 51.3 Å². The number of fused-ring (bicyclic) bond motifs is 1. The van der Waals surface area contributed by atoms with Gasteiger partial charge in [-0.3, -0.25) is 4.79 Å². The highest BCUT2D eigenvalue weighted by Crippen LogP contribution is 2.41. The molecule has 3 aromatic rings. The summed E-state index contributed by atoms with van der Waals surface area (Å²) in [4.78, 5) is 17.3. The predicted octanol–water partition coefficient (Wildman–Crippen LogP) is 6.22. The van der Waals surface area contributed by atoms with E-state index in [0.717, 1.165) is 44.7 Å². The van der Waals surface area contributed by atoms with Gasteiger partial charge in [0, 0.05) is 22.2 Å². The number of benzene rings is 1. The van der Waals surface area contributed by atoms with Crippen molar-refractivity contribution in [1.82, 2.24) is 14.6 Å². The normalized spacial score (nSPS) is 14.1. The van der Waals surface area contributed by atoms with Gasteiger partial charge in [0.25, 0.3) is 0 Å². The Balaban J connectivity index is 2.53. The third-order valence-corrected chi connectivity index (χ3v) is 6.43. The van der Waals surface area contributed by atoms with E-state index in [1.54, 1.807) is 6.92 Å². The molecule has 0 aliphatic carbocycles. The van der Waals surface area contributed by atoms with E-state index in [-0.39, 0.29) is 5.41 Å². The Hall–Kier alpha value is -2.21. The summed E-state index contributed by atoms with van der Waals surface area (Å²) < 4.78 is 2.68. The topological polar surface area (TPSA) is 67.5 Å². The number of hydrogen-bond donors (Lipinski definition) is 1. The molecule has 1 aromatic carbocycles. The second-order valence-electron chi connectivity index (χ2n) is 9.32. The zero-order valence-corrected chi connectivity index (χ0v) is 20.4. The number of nitrogens with zero attached hydrogens (tertiary/aromatic N) is 3. The second-order valence-corrected chi connectivity index (χ2v) is 10.1. The molecule has 5 nitrogen and oxygen atoms in total. The number of carboxylic acid groups (broad SMARTS) is 1. The lowest BCUT2D eigenvalue weighted by molar-refractivity contribution is -0.143. The van der Waals surface area contributed by atoms with Crippen LogP contribution in [-0.4, -0.2) is 25.7 Å². The molecule has 1 N–H and O–H groups in total. The lowest BCUT2D eigenvalue weighted by Gasteiger charge is -2.29. The first-order valence-electron chi connectivity index (χ1n) is 10.3. The maximum Gasteiger partial charge on any atom is 0.313 e. The minimum Gasteiger partial charge on any atom is -0.481 e. The van der Waals surface area contributed by atoms with Crippen LogP contribution in [0.25, 0.3) is 16.9 Å². The van der Waals surface area contributed by atoms with Crippen LogP contribution in [0.15, 0.2) is 28.7 Å². The highest BCUT2D eigenvalue weighted by atomic mass is 79.9. The summed E-state index contributed by atoms with van der Waals surface area (Å²) in [6.07, 6.45) is 1.27. The number of rotatable bonds is 5. The third-order valence-electron chi connectivity index (χ3n) is 5.70. The molecule has 2 aromatic heterocycles. The average Bonchev–Trinajstić information content (AvgIpc) is 2.98. The lowest BCUT2D eigenvalue weighted by atomic mass is 9.76. The molecule has 0 fully saturated rings. The fraction of sp³-hybridized carbons (Fsp3) is 0.458. The minimum absolute atomic E-state index is 0.190. The molecule has 160 valence electrons. The molecule has 1 atom stereocenters. The maximum absolute atomic E-state index is 12.5. The van der Waals surface area contributed by atoms with Crippen LogP contribution >= 0.6 is 15.9 Å². The Bertz CT molecular complexity index is 1110. The molecule has 0 radical (unpaired) electrons. The zero-order valence-electron chi connectivity index (χ0n) is 18.8. The van der Waals surface area contributed by atoms with Crippen molar-refractivity contribution >= 4 is 27.5 Å². The van der Waals surface area contributed by atoms with Crippen molar-refractivity contribution in [1.29, 1.82) is 0 Å². The van der Waals surface area contributed by atoms with Crippen molar-refractivity contribution in [2.45, 2.75) is 72.1 Å². The molecule has 6 heteroatoms. The van der Waals surface area contributed by atoms with Gasteiger partial charge in [-0.2, -0.15) is 5.10 Å². The van der Waals surface area contributed by atoms with Gasteiger partial charge in [0.2, 0.25) is 0 Å². The van der Waals surface area contributed by atoms with Crippen LogP contribution in [0.4, 0.5) is 0 Å². The Labute approximate surface area is 186 Å². The number of carboxylic acids is 1. The Morgan fingerprint density at radius 1 is 1.13 bits per heavy atom. The van der Waals surface area contributed by atoms with E-state index in [1.165, 1.54) is 0 Å². The fourth-order valence-corrected chi connectivity index (χ4v) is 5.02. The summed E-state index contributed by atoms with van der Waals surface area (Å²) in [7, 11) is 0. The second kappa shape index (κ2) is 7.80. The maximum atomic E-state index is 12.5. The summed E-state index contributed by atoms with van der Waals surface area (Å²) in [6.45, 7) is 14.1. The van der Waals surface area contributed by atoms with E-state index in [9.17, 15) is 9.90 Å². The number of aryl methyl sites for hydroxylation is 2. The number of hydrogen-bond acceptors (Lipinski definition) is 3. The summed E-state index contributed by atoms with van der Waals surface area (Å²) in [5.41, 5.74) is 4.67. The van der Waals surface area contributed by atoms with Crippen molar-refractivity contribution in [2.75, 3.05) is 0 Å². The first kappa shape index (κ1) is 22.5. The van der Waals surface area contributed by atoms with E-state index < -0.39 is 11.4 Å². The monoisotopic (exact) mass is 471 g/mol. The van der Waals surface area contributed by atoms with Crippen molar-refractivity contribution in [2.24, 2.45) is 0 Å². The van der Waals surface area contributed by atoms with E-state index in [2.05, 4.69) is 36.7 Å². The highest BCUT2D eigenvalue weighted by Gasteiger charge is 2.40. The van der Waals surface area contributed by atoms with E-state index in [4.69, 9.17) is 10.1 Å². The molecule has 3 rings (SSSR count). The van der Waals surface area contributed by atoms with Crippen LogP contribution in [0.3, 0.4) is 0 Å². The number of halogens is 1.